The van der Waals surface area contributed by atoms with Crippen molar-refractivity contribution in [2.75, 3.05) is 0 Å². The maximum Gasteiger partial charge on any atom is 0.281 e. The monoisotopic (exact) mass is 1330 g/mol. The highest BCUT2D eigenvalue weighted by atomic mass is 32.1. The molecule has 0 N–H and O–H groups in total. The van der Waals surface area contributed by atoms with Crippen LogP contribution in [-0.2, 0) is 40.4 Å². The number of ketones is 3. The van der Waals surface area contributed by atoms with Crippen molar-refractivity contribution in [1.29, 1.82) is 5.26 Å². The summed E-state index contributed by atoms with van der Waals surface area (Å²) in [7, 11) is 4.95. The number of Topliss-reactive ketones (excluding diaryl/α,β-unsaturated/α-hetero) is 3. The third kappa shape index (κ3) is 13.2. The lowest BCUT2D eigenvalue weighted by Crippen LogP contribution is -2.13. The van der Waals surface area contributed by atoms with Crippen molar-refractivity contribution in [3.05, 3.63) is 250 Å². The van der Waals surface area contributed by atoms with Crippen LogP contribution in [0.4, 0.5) is 17.6 Å². The van der Waals surface area contributed by atoms with Gasteiger partial charge in [-0.1, -0.05) is 91.0 Å². The molecule has 23 nitrogen and oxygen atoms in total. The lowest BCUT2D eigenvalue weighted by atomic mass is 10.0. The summed E-state index contributed by atoms with van der Waals surface area (Å²) in [5.41, 5.74) is 9.99. The number of benzene rings is 3. The van der Waals surface area contributed by atoms with Crippen molar-refractivity contribution in [3.8, 4) is 73.3 Å². The van der Waals surface area contributed by atoms with Crippen LogP contribution in [-0.4, -0.2) is 110 Å². The number of alkyl halides is 2. The molecule has 0 aliphatic rings. The number of carbonyl (C=O) groups excluding carboxylic acids is 3. The van der Waals surface area contributed by atoms with Crippen LogP contribution in [0.1, 0.15) is 77.2 Å². The molecule has 0 saturated heterocycles. The fourth-order valence-electron chi connectivity index (χ4n) is 10.9. The zero-order chi connectivity index (χ0) is 68.3. The Labute approximate surface area is 557 Å². The summed E-state index contributed by atoms with van der Waals surface area (Å²) in [4.78, 5) is 70.2. The highest BCUT2D eigenvalue weighted by molar-refractivity contribution is 7.13. The van der Waals surface area contributed by atoms with Crippen LogP contribution in [0.25, 0.3) is 84.2 Å². The molecule has 0 aliphatic carbocycles. The predicted octanol–water partition coefficient (Wildman–Crippen LogP) is 12.0. The fraction of sp³-hybridized carbons (Fsp3) is 0.129. The first-order valence-electron chi connectivity index (χ1n) is 30.1. The Kier molecular flexibility index (Phi) is 17.8. The van der Waals surface area contributed by atoms with Crippen molar-refractivity contribution >= 4 is 45.6 Å². The molecule has 98 heavy (non-hydrogen) atoms. The van der Waals surface area contributed by atoms with E-state index in [0.29, 0.717) is 90.1 Å². The zero-order valence-corrected chi connectivity index (χ0v) is 53.4. The van der Waals surface area contributed by atoms with Gasteiger partial charge in [0.2, 0.25) is 0 Å². The van der Waals surface area contributed by atoms with Gasteiger partial charge in [0.15, 0.2) is 51.8 Å². The van der Waals surface area contributed by atoms with E-state index in [9.17, 15) is 37.2 Å². The molecule has 0 fully saturated rings. The van der Waals surface area contributed by atoms with E-state index in [2.05, 4.69) is 71.5 Å². The first-order chi connectivity index (χ1) is 47.4. The maximum absolute atomic E-state index is 14.9. The number of carbonyl (C=O) groups is 3. The molecule has 0 bridgehead atoms. The van der Waals surface area contributed by atoms with Crippen LogP contribution in [0.15, 0.2) is 182 Å². The number of nitrogens with zero attached hydrogens (tertiary/aromatic N) is 20. The van der Waals surface area contributed by atoms with E-state index in [0.717, 1.165) is 39.3 Å². The molecule has 12 heterocycles. The molecule has 3 aromatic carbocycles. The van der Waals surface area contributed by atoms with Crippen molar-refractivity contribution in [2.24, 2.45) is 21.1 Å². The number of halogens is 4. The minimum Gasteiger partial charge on any atom is -0.292 e. The highest BCUT2D eigenvalue weighted by Crippen LogP contribution is 2.33. The number of fused-ring (bicyclic) bond motifs is 3. The number of hydrogen-bond acceptors (Lipinski definition) is 18. The minimum atomic E-state index is -2.66. The number of rotatable bonds is 16. The van der Waals surface area contributed by atoms with Crippen LogP contribution in [0.3, 0.4) is 0 Å². The number of pyridine rings is 4. The molecule has 28 heteroatoms. The Hall–Kier alpha value is -12.8. The molecule has 15 aromatic rings. The van der Waals surface area contributed by atoms with Crippen molar-refractivity contribution in [2.45, 2.75) is 39.5 Å². The van der Waals surface area contributed by atoms with E-state index in [1.165, 1.54) is 59.3 Å². The fourth-order valence-corrected chi connectivity index (χ4v) is 11.7. The lowest BCUT2D eigenvalue weighted by Gasteiger charge is -2.08. The Morgan fingerprint density at radius 1 is 0.531 bits per heavy atom. The molecule has 0 atom stereocenters. The van der Waals surface area contributed by atoms with Gasteiger partial charge in [0.25, 0.3) is 6.43 Å². The third-order valence-corrected chi connectivity index (χ3v) is 16.6. The molecule has 12 aromatic heterocycles. The van der Waals surface area contributed by atoms with Gasteiger partial charge < -0.3 is 0 Å². The Morgan fingerprint density at radius 2 is 1.00 bits per heavy atom. The third-order valence-electron chi connectivity index (χ3n) is 15.7. The molecular weight excluding hydrogens is 1280 g/mol. The molecule has 0 amide bonds. The maximum atomic E-state index is 14.9. The predicted molar refractivity (Wildman–Crippen MR) is 353 cm³/mol. The number of nitriles is 1. The van der Waals surface area contributed by atoms with Gasteiger partial charge in [0.05, 0.1) is 76.0 Å². The van der Waals surface area contributed by atoms with E-state index in [1.807, 2.05) is 117 Å². The minimum absolute atomic E-state index is 0.101. The Bertz CT molecular complexity index is 5560. The van der Waals surface area contributed by atoms with Gasteiger partial charge in [-0.3, -0.25) is 38.4 Å². The molecular formula is C70H52F4N20O3S. The molecule has 0 spiro atoms. The van der Waals surface area contributed by atoms with Crippen LogP contribution in [0.5, 0.6) is 0 Å². The summed E-state index contributed by atoms with van der Waals surface area (Å²) in [5, 5.41) is 36.8. The molecule has 0 aliphatic heterocycles. The summed E-state index contributed by atoms with van der Waals surface area (Å²) in [6.07, 6.45) is 9.07. The Balaban J connectivity index is 0.000000132. The first-order valence-corrected chi connectivity index (χ1v) is 31.0. The topological polar surface area (TPSA) is 271 Å². The SMILES string of the molecule is Cc1cnc(C)c(-c2cnn(C)c2C(=O)Cc2cc3nc(-c4ccccc4)nn3cc2F)n1.Cn1ncc(-c2nc(C(F)F)cs2)c1C(=O)Cc1ccn2nc(-c3ccccc3)nc2c1.Cn1ncc(-c2ncccc2C#N)c1C(=O)Cc1cc2nc(-c3ccccc3)nn2cc1F. The second-order valence-electron chi connectivity index (χ2n) is 22.4. The zero-order valence-electron chi connectivity index (χ0n) is 52.6. The number of aryl methyl sites for hydroxylation is 5. The number of aromatic nitrogens is 19. The van der Waals surface area contributed by atoms with Gasteiger partial charge >= 0.3 is 0 Å². The van der Waals surface area contributed by atoms with Gasteiger partial charge in [0, 0.05) is 92.2 Å². The highest BCUT2D eigenvalue weighted by Gasteiger charge is 2.27. The molecule has 0 unspecified atom stereocenters. The summed E-state index contributed by atoms with van der Waals surface area (Å²) in [5.74, 6) is -0.380. The van der Waals surface area contributed by atoms with Gasteiger partial charge in [-0.15, -0.1) is 26.6 Å². The normalized spacial score (nSPS) is 11.2. The van der Waals surface area contributed by atoms with Crippen molar-refractivity contribution in [1.82, 2.24) is 93.1 Å². The van der Waals surface area contributed by atoms with Gasteiger partial charge in [0.1, 0.15) is 45.5 Å². The first kappa shape index (κ1) is 64.0. The smallest absolute Gasteiger partial charge is 0.281 e. The average molecular weight is 1330 g/mol. The van der Waals surface area contributed by atoms with Gasteiger partial charge in [-0.2, -0.15) is 20.6 Å². The largest absolute Gasteiger partial charge is 0.292 e. The summed E-state index contributed by atoms with van der Waals surface area (Å²) in [6, 6.07) is 40.5. The quantitative estimate of drug-likeness (QED) is 0.0642. The number of thiazole rings is 1. The van der Waals surface area contributed by atoms with E-state index < -0.39 is 18.1 Å². The number of hydrogen-bond donors (Lipinski definition) is 0. The van der Waals surface area contributed by atoms with Crippen molar-refractivity contribution in [3.63, 3.8) is 0 Å². The van der Waals surface area contributed by atoms with Crippen LogP contribution in [0, 0.1) is 36.8 Å². The van der Waals surface area contributed by atoms with E-state index in [1.54, 1.807) is 68.6 Å². The van der Waals surface area contributed by atoms with Crippen molar-refractivity contribution < 1.29 is 31.9 Å². The van der Waals surface area contributed by atoms with E-state index in [4.69, 9.17) is 0 Å². The molecule has 15 rings (SSSR count). The van der Waals surface area contributed by atoms with Crippen LogP contribution < -0.4 is 0 Å². The Morgan fingerprint density at radius 3 is 1.50 bits per heavy atom. The van der Waals surface area contributed by atoms with Crippen LogP contribution >= 0.6 is 11.3 Å². The van der Waals surface area contributed by atoms with Crippen LogP contribution in [0.2, 0.25) is 0 Å². The summed E-state index contributed by atoms with van der Waals surface area (Å²) >= 11 is 1.07. The van der Waals surface area contributed by atoms with Gasteiger partial charge in [-0.25, -0.2) is 56.0 Å². The van der Waals surface area contributed by atoms with Gasteiger partial charge in [-0.05, 0) is 55.8 Å². The summed E-state index contributed by atoms with van der Waals surface area (Å²) < 4.78 is 64.3. The van der Waals surface area contributed by atoms with E-state index in [-0.39, 0.29) is 59.1 Å². The van der Waals surface area contributed by atoms with E-state index >= 15 is 0 Å². The second kappa shape index (κ2) is 27.3. The standard InChI is InChI=1S/C24H20FN7O.C24H16FN7O.C22H16F2N6OS/c1-14-11-26-15(2)22(28-14)18-12-27-31(3)23(18)20(33)9-17-10-21-29-24(16-7-5-4-6-8-16)30-32(21)13-19(17)25;1-31-23(18(13-28-31)22-16(12-26)8-5-9-27-22)20(33)10-17-11-21-29-24(15-6-3-2-4-7-15)30-32(21)14-19(17)25;1-29-19(15(11-25-29)22-26-16(12-32-22)20(23)24)17(31)9-13-7-8-30-18(10-13)27-21(28-30)14-5-3-2-4-6-14/h4-8,10-13H,9H2,1-3H3;2-9,11,13-14H,10H2,1H3;2-8,10-12,20H,9H2,1H3. The average Bonchev–Trinajstić information content (AvgIpc) is 1.69. The summed E-state index contributed by atoms with van der Waals surface area (Å²) in [6.45, 7) is 3.66. The molecule has 484 valence electrons. The second-order valence-corrected chi connectivity index (χ2v) is 23.2. The molecule has 0 saturated carbocycles. The lowest BCUT2D eigenvalue weighted by molar-refractivity contribution is 0.0975. The molecule has 0 radical (unpaired) electrons.